The third kappa shape index (κ3) is 3.20. The number of carbonyl (C=O) groups is 1. The highest BCUT2D eigenvalue weighted by molar-refractivity contribution is 5.82. The monoisotopic (exact) mass is 212 g/mol. The summed E-state index contributed by atoms with van der Waals surface area (Å²) in [6.07, 6.45) is 3.61. The van der Waals surface area contributed by atoms with Gasteiger partial charge in [-0.2, -0.15) is 0 Å². The van der Waals surface area contributed by atoms with Crippen LogP contribution in [0.4, 0.5) is 0 Å². The molecule has 2 N–H and O–H groups in total. The van der Waals surface area contributed by atoms with Gasteiger partial charge in [-0.15, -0.1) is 0 Å². The fourth-order valence-electron chi connectivity index (χ4n) is 2.17. The molecule has 2 atom stereocenters. The van der Waals surface area contributed by atoms with Gasteiger partial charge < -0.3 is 10.6 Å². The molecule has 0 bridgehead atoms. The molecule has 1 amide bonds. The van der Waals surface area contributed by atoms with Crippen molar-refractivity contribution in [3.63, 3.8) is 0 Å². The lowest BCUT2D eigenvalue weighted by Gasteiger charge is -2.23. The Balaban J connectivity index is 2.43. The van der Waals surface area contributed by atoms with Crippen molar-refractivity contribution in [2.45, 2.75) is 46.1 Å². The summed E-state index contributed by atoms with van der Waals surface area (Å²) < 4.78 is 0. The summed E-state index contributed by atoms with van der Waals surface area (Å²) in [6.45, 7) is 8.03. The minimum atomic E-state index is -0.314. The highest BCUT2D eigenvalue weighted by atomic mass is 16.2. The van der Waals surface area contributed by atoms with Gasteiger partial charge in [-0.3, -0.25) is 4.79 Å². The second-order valence-corrected chi connectivity index (χ2v) is 5.00. The SMILES string of the molecule is CCCC1CCN(C(=O)C(N)C(C)C)C1. The number of rotatable bonds is 4. The molecule has 0 radical (unpaired) electrons. The topological polar surface area (TPSA) is 46.3 Å². The Morgan fingerprint density at radius 1 is 1.53 bits per heavy atom. The van der Waals surface area contributed by atoms with Crippen LogP contribution in [0, 0.1) is 11.8 Å². The van der Waals surface area contributed by atoms with Crippen molar-refractivity contribution >= 4 is 5.91 Å². The average molecular weight is 212 g/mol. The summed E-state index contributed by atoms with van der Waals surface area (Å²) in [5.74, 6) is 1.09. The third-order valence-corrected chi connectivity index (χ3v) is 3.30. The van der Waals surface area contributed by atoms with E-state index in [9.17, 15) is 4.79 Å². The standard InChI is InChI=1S/C12H24N2O/c1-4-5-10-6-7-14(8-10)12(15)11(13)9(2)3/h9-11H,4-8,13H2,1-3H3. The van der Waals surface area contributed by atoms with Crippen LogP contribution in [0.2, 0.25) is 0 Å². The molecule has 3 nitrogen and oxygen atoms in total. The number of nitrogens with two attached hydrogens (primary N) is 1. The Hall–Kier alpha value is -0.570. The van der Waals surface area contributed by atoms with E-state index < -0.39 is 0 Å². The lowest BCUT2D eigenvalue weighted by atomic mass is 10.0. The first kappa shape index (κ1) is 12.5. The third-order valence-electron chi connectivity index (χ3n) is 3.30. The van der Waals surface area contributed by atoms with E-state index in [1.807, 2.05) is 18.7 Å². The van der Waals surface area contributed by atoms with Gasteiger partial charge in [0.2, 0.25) is 5.91 Å². The molecule has 0 spiro atoms. The molecule has 3 heteroatoms. The molecule has 2 unspecified atom stereocenters. The summed E-state index contributed by atoms with van der Waals surface area (Å²) in [7, 11) is 0. The van der Waals surface area contributed by atoms with Crippen molar-refractivity contribution in [3.8, 4) is 0 Å². The van der Waals surface area contributed by atoms with E-state index >= 15 is 0 Å². The first-order valence-corrected chi connectivity index (χ1v) is 6.10. The molecule has 15 heavy (non-hydrogen) atoms. The van der Waals surface area contributed by atoms with Crippen LogP contribution in [0.5, 0.6) is 0 Å². The van der Waals surface area contributed by atoms with Crippen LogP contribution < -0.4 is 5.73 Å². The lowest BCUT2D eigenvalue weighted by Crippen LogP contribution is -2.45. The van der Waals surface area contributed by atoms with Crippen LogP contribution in [-0.4, -0.2) is 29.9 Å². The molecule has 1 fully saturated rings. The van der Waals surface area contributed by atoms with Gasteiger partial charge in [0.1, 0.15) is 0 Å². The summed E-state index contributed by atoms with van der Waals surface area (Å²) in [5, 5.41) is 0. The summed E-state index contributed by atoms with van der Waals surface area (Å²) in [6, 6.07) is -0.314. The Labute approximate surface area is 93.0 Å². The van der Waals surface area contributed by atoms with Crippen molar-refractivity contribution in [1.82, 2.24) is 4.90 Å². The largest absolute Gasteiger partial charge is 0.341 e. The van der Waals surface area contributed by atoms with E-state index in [1.165, 1.54) is 12.8 Å². The maximum Gasteiger partial charge on any atom is 0.239 e. The van der Waals surface area contributed by atoms with Gasteiger partial charge in [0.05, 0.1) is 6.04 Å². The minimum absolute atomic E-state index is 0.142. The van der Waals surface area contributed by atoms with Gasteiger partial charge in [0.25, 0.3) is 0 Å². The number of hydrogen-bond donors (Lipinski definition) is 1. The Morgan fingerprint density at radius 3 is 2.73 bits per heavy atom. The Kier molecular flexibility index (Phi) is 4.58. The fraction of sp³-hybridized carbons (Fsp3) is 0.917. The van der Waals surface area contributed by atoms with Crippen LogP contribution in [0.1, 0.15) is 40.0 Å². The summed E-state index contributed by atoms with van der Waals surface area (Å²) in [5.41, 5.74) is 5.87. The second kappa shape index (κ2) is 5.50. The molecular weight excluding hydrogens is 188 g/mol. The molecule has 0 aliphatic carbocycles. The lowest BCUT2D eigenvalue weighted by molar-refractivity contribution is -0.132. The predicted molar refractivity (Wildman–Crippen MR) is 62.4 cm³/mol. The van der Waals surface area contributed by atoms with E-state index in [2.05, 4.69) is 6.92 Å². The Bertz CT molecular complexity index is 216. The van der Waals surface area contributed by atoms with Crippen LogP contribution in [-0.2, 0) is 4.79 Å². The molecular formula is C12H24N2O. The van der Waals surface area contributed by atoms with E-state index in [0.717, 1.165) is 19.5 Å². The van der Waals surface area contributed by atoms with Crippen LogP contribution in [0.3, 0.4) is 0 Å². The van der Waals surface area contributed by atoms with Crippen LogP contribution in [0.15, 0.2) is 0 Å². The van der Waals surface area contributed by atoms with Gasteiger partial charge in [-0.1, -0.05) is 27.2 Å². The number of amides is 1. The highest BCUT2D eigenvalue weighted by Crippen LogP contribution is 2.21. The summed E-state index contributed by atoms with van der Waals surface area (Å²) >= 11 is 0. The quantitative estimate of drug-likeness (QED) is 0.769. The van der Waals surface area contributed by atoms with E-state index in [-0.39, 0.29) is 17.9 Å². The number of nitrogens with zero attached hydrogens (tertiary/aromatic N) is 1. The van der Waals surface area contributed by atoms with Gasteiger partial charge in [-0.05, 0) is 24.7 Å². The van der Waals surface area contributed by atoms with Crippen molar-refractivity contribution in [2.75, 3.05) is 13.1 Å². The van der Waals surface area contributed by atoms with Gasteiger partial charge in [-0.25, -0.2) is 0 Å². The van der Waals surface area contributed by atoms with Crippen molar-refractivity contribution in [3.05, 3.63) is 0 Å². The first-order chi connectivity index (χ1) is 7.06. The maximum absolute atomic E-state index is 11.9. The molecule has 0 aromatic rings. The van der Waals surface area contributed by atoms with Crippen LogP contribution in [0.25, 0.3) is 0 Å². The first-order valence-electron chi connectivity index (χ1n) is 6.10. The van der Waals surface area contributed by atoms with Crippen molar-refractivity contribution in [2.24, 2.45) is 17.6 Å². The highest BCUT2D eigenvalue weighted by Gasteiger charge is 2.29. The van der Waals surface area contributed by atoms with Gasteiger partial charge >= 0.3 is 0 Å². The average Bonchev–Trinajstić information content (AvgIpc) is 2.64. The minimum Gasteiger partial charge on any atom is -0.341 e. The van der Waals surface area contributed by atoms with Crippen molar-refractivity contribution in [1.29, 1.82) is 0 Å². The maximum atomic E-state index is 11.9. The molecule has 0 aromatic heterocycles. The molecule has 1 aliphatic rings. The molecule has 1 heterocycles. The zero-order chi connectivity index (χ0) is 11.4. The summed E-state index contributed by atoms with van der Waals surface area (Å²) in [4.78, 5) is 13.9. The number of hydrogen-bond acceptors (Lipinski definition) is 2. The number of carbonyl (C=O) groups excluding carboxylic acids is 1. The molecule has 1 rings (SSSR count). The van der Waals surface area contributed by atoms with Crippen LogP contribution >= 0.6 is 0 Å². The predicted octanol–water partition coefficient (Wildman–Crippen LogP) is 1.62. The zero-order valence-corrected chi connectivity index (χ0v) is 10.2. The van der Waals surface area contributed by atoms with E-state index in [4.69, 9.17) is 5.73 Å². The zero-order valence-electron chi connectivity index (χ0n) is 10.2. The normalized spacial score (nSPS) is 23.5. The fourth-order valence-corrected chi connectivity index (χ4v) is 2.17. The van der Waals surface area contributed by atoms with E-state index in [1.54, 1.807) is 0 Å². The second-order valence-electron chi connectivity index (χ2n) is 5.00. The molecule has 1 saturated heterocycles. The van der Waals surface area contributed by atoms with Gasteiger partial charge in [0.15, 0.2) is 0 Å². The smallest absolute Gasteiger partial charge is 0.239 e. The van der Waals surface area contributed by atoms with E-state index in [0.29, 0.717) is 5.92 Å². The number of likely N-dealkylation sites (tertiary alicyclic amines) is 1. The molecule has 88 valence electrons. The van der Waals surface area contributed by atoms with Crippen molar-refractivity contribution < 1.29 is 4.79 Å². The Morgan fingerprint density at radius 2 is 2.20 bits per heavy atom. The molecule has 0 aromatic carbocycles. The van der Waals surface area contributed by atoms with Gasteiger partial charge in [0, 0.05) is 13.1 Å². The molecule has 1 aliphatic heterocycles. The molecule has 0 saturated carbocycles.